The van der Waals surface area contributed by atoms with Crippen LogP contribution < -0.4 is 10.9 Å². The molecule has 0 atom stereocenters. The molecule has 0 aliphatic carbocycles. The maximum absolute atomic E-state index is 11.3. The van der Waals surface area contributed by atoms with Crippen molar-refractivity contribution in [1.29, 1.82) is 0 Å². The molecule has 2 N–H and O–H groups in total. The molecule has 0 saturated carbocycles. The highest BCUT2D eigenvalue weighted by atomic mass is 16.5. The Balaban J connectivity index is 2.38. The first-order chi connectivity index (χ1) is 8.11. The smallest absolute Gasteiger partial charge is 0.252 e. The Labute approximate surface area is 101 Å². The lowest BCUT2D eigenvalue weighted by atomic mass is 10.4. The van der Waals surface area contributed by atoms with Gasteiger partial charge in [0, 0.05) is 19.0 Å². The molecule has 0 aromatic carbocycles. The second-order valence-corrected chi connectivity index (χ2v) is 3.87. The van der Waals surface area contributed by atoms with Gasteiger partial charge in [-0.05, 0) is 6.92 Å². The molecule has 17 heavy (non-hydrogen) atoms. The van der Waals surface area contributed by atoms with Gasteiger partial charge >= 0.3 is 0 Å². The van der Waals surface area contributed by atoms with Crippen molar-refractivity contribution in [2.45, 2.75) is 20.3 Å². The zero-order chi connectivity index (χ0) is 12.7. The van der Waals surface area contributed by atoms with Crippen LogP contribution in [0.2, 0.25) is 0 Å². The first-order valence-corrected chi connectivity index (χ1v) is 5.68. The molecule has 0 aliphatic rings. The van der Waals surface area contributed by atoms with Crippen molar-refractivity contribution in [3.05, 3.63) is 34.4 Å². The van der Waals surface area contributed by atoms with Gasteiger partial charge in [0.1, 0.15) is 11.6 Å². The third kappa shape index (κ3) is 5.31. The van der Waals surface area contributed by atoms with Crippen molar-refractivity contribution in [3.8, 4) is 0 Å². The second-order valence-electron chi connectivity index (χ2n) is 3.87. The summed E-state index contributed by atoms with van der Waals surface area (Å²) in [4.78, 5) is 18.2. The van der Waals surface area contributed by atoms with Gasteiger partial charge < -0.3 is 15.0 Å². The largest absolute Gasteiger partial charge is 0.375 e. The van der Waals surface area contributed by atoms with Crippen LogP contribution in [0.5, 0.6) is 0 Å². The van der Waals surface area contributed by atoms with E-state index < -0.39 is 0 Å². The Morgan fingerprint density at radius 2 is 2.41 bits per heavy atom. The third-order valence-electron chi connectivity index (χ3n) is 2.03. The predicted octanol–water partition coefficient (Wildman–Crippen LogP) is 1.34. The van der Waals surface area contributed by atoms with Crippen molar-refractivity contribution in [3.63, 3.8) is 0 Å². The molecule has 94 valence electrons. The van der Waals surface area contributed by atoms with Gasteiger partial charge in [-0.25, -0.2) is 4.98 Å². The predicted molar refractivity (Wildman–Crippen MR) is 68.4 cm³/mol. The van der Waals surface area contributed by atoms with Gasteiger partial charge in [0.15, 0.2) is 0 Å². The Morgan fingerprint density at radius 3 is 3.06 bits per heavy atom. The van der Waals surface area contributed by atoms with Gasteiger partial charge in [-0.1, -0.05) is 19.1 Å². The van der Waals surface area contributed by atoms with Crippen LogP contribution in [0.3, 0.4) is 0 Å². The number of anilines is 1. The van der Waals surface area contributed by atoms with E-state index in [0.29, 0.717) is 37.8 Å². The summed E-state index contributed by atoms with van der Waals surface area (Å²) in [5, 5.41) is 3.05. The van der Waals surface area contributed by atoms with E-state index in [0.717, 1.165) is 5.57 Å². The fourth-order valence-corrected chi connectivity index (χ4v) is 1.26. The average molecular weight is 237 g/mol. The van der Waals surface area contributed by atoms with E-state index in [1.54, 1.807) is 0 Å². The summed E-state index contributed by atoms with van der Waals surface area (Å²) in [5.41, 5.74) is 0.856. The number of rotatable bonds is 7. The fraction of sp³-hybridized carbons (Fsp3) is 0.500. The standard InChI is InChI=1S/C12H19N3O2/c1-4-10-14-11(7-12(16)15-10)13-5-6-17-8-9(2)3/h7H,2,4-6,8H2,1,3H3,(H2,13,14,15,16). The van der Waals surface area contributed by atoms with Crippen molar-refractivity contribution in [1.82, 2.24) is 9.97 Å². The number of nitrogens with one attached hydrogen (secondary N) is 2. The van der Waals surface area contributed by atoms with Gasteiger partial charge in [0.25, 0.3) is 5.56 Å². The first kappa shape index (κ1) is 13.4. The molecule has 5 heteroatoms. The summed E-state index contributed by atoms with van der Waals surface area (Å²) in [6, 6.07) is 1.44. The maximum Gasteiger partial charge on any atom is 0.252 e. The van der Waals surface area contributed by atoms with E-state index in [1.807, 2.05) is 13.8 Å². The minimum Gasteiger partial charge on any atom is -0.375 e. The number of aryl methyl sites for hydroxylation is 1. The minimum absolute atomic E-state index is 0.137. The summed E-state index contributed by atoms with van der Waals surface area (Å²) >= 11 is 0. The fourth-order valence-electron chi connectivity index (χ4n) is 1.26. The summed E-state index contributed by atoms with van der Waals surface area (Å²) in [6.45, 7) is 9.34. The monoisotopic (exact) mass is 237 g/mol. The van der Waals surface area contributed by atoms with Crippen LogP contribution in [-0.4, -0.2) is 29.7 Å². The quantitative estimate of drug-likeness (QED) is 0.554. The van der Waals surface area contributed by atoms with Crippen LogP contribution in [-0.2, 0) is 11.2 Å². The Hall–Kier alpha value is -1.62. The lowest BCUT2D eigenvalue weighted by Gasteiger charge is -2.07. The topological polar surface area (TPSA) is 67.0 Å². The molecule has 0 unspecified atom stereocenters. The van der Waals surface area contributed by atoms with Crippen LogP contribution in [0, 0.1) is 0 Å². The molecule has 0 saturated heterocycles. The molecule has 0 aliphatic heterocycles. The minimum atomic E-state index is -0.137. The molecule has 1 heterocycles. The van der Waals surface area contributed by atoms with Crippen LogP contribution in [0.15, 0.2) is 23.0 Å². The zero-order valence-electron chi connectivity index (χ0n) is 10.4. The molecular formula is C12H19N3O2. The van der Waals surface area contributed by atoms with Crippen LogP contribution in [0.4, 0.5) is 5.82 Å². The molecule has 1 aromatic rings. The number of aromatic amines is 1. The highest BCUT2D eigenvalue weighted by Crippen LogP contribution is 1.98. The second kappa shape index (κ2) is 6.85. The van der Waals surface area contributed by atoms with E-state index in [4.69, 9.17) is 4.74 Å². The van der Waals surface area contributed by atoms with Gasteiger partial charge in [-0.2, -0.15) is 0 Å². The van der Waals surface area contributed by atoms with Crippen molar-refractivity contribution < 1.29 is 4.74 Å². The van der Waals surface area contributed by atoms with E-state index in [1.165, 1.54) is 6.07 Å². The normalized spacial score (nSPS) is 10.2. The molecule has 0 spiro atoms. The molecule has 0 amide bonds. The van der Waals surface area contributed by atoms with E-state index in [9.17, 15) is 4.79 Å². The first-order valence-electron chi connectivity index (χ1n) is 5.68. The van der Waals surface area contributed by atoms with Crippen LogP contribution in [0.1, 0.15) is 19.7 Å². The number of nitrogens with zero attached hydrogens (tertiary/aromatic N) is 1. The lowest BCUT2D eigenvalue weighted by Crippen LogP contribution is -2.16. The van der Waals surface area contributed by atoms with E-state index in [-0.39, 0.29) is 5.56 Å². The highest BCUT2D eigenvalue weighted by molar-refractivity contribution is 5.32. The molecular weight excluding hydrogens is 218 g/mol. The Bertz CT molecular complexity index is 426. The van der Waals surface area contributed by atoms with Crippen molar-refractivity contribution in [2.24, 2.45) is 0 Å². The summed E-state index contributed by atoms with van der Waals surface area (Å²) in [5.74, 6) is 1.27. The average Bonchev–Trinajstić information content (AvgIpc) is 2.27. The summed E-state index contributed by atoms with van der Waals surface area (Å²) in [6.07, 6.45) is 0.705. The van der Waals surface area contributed by atoms with Gasteiger partial charge in [-0.3, -0.25) is 4.79 Å². The van der Waals surface area contributed by atoms with Gasteiger partial charge in [-0.15, -0.1) is 0 Å². The highest BCUT2D eigenvalue weighted by Gasteiger charge is 1.98. The number of H-pyrrole nitrogens is 1. The van der Waals surface area contributed by atoms with Crippen molar-refractivity contribution >= 4 is 5.82 Å². The molecule has 1 rings (SSSR count). The van der Waals surface area contributed by atoms with E-state index >= 15 is 0 Å². The summed E-state index contributed by atoms with van der Waals surface area (Å²) in [7, 11) is 0. The Kier molecular flexibility index (Phi) is 5.42. The maximum atomic E-state index is 11.3. The van der Waals surface area contributed by atoms with E-state index in [2.05, 4.69) is 21.9 Å². The third-order valence-corrected chi connectivity index (χ3v) is 2.03. The van der Waals surface area contributed by atoms with Crippen LogP contribution >= 0.6 is 0 Å². The van der Waals surface area contributed by atoms with Crippen molar-refractivity contribution in [2.75, 3.05) is 25.1 Å². The summed E-state index contributed by atoms with van der Waals surface area (Å²) < 4.78 is 5.33. The SMILES string of the molecule is C=C(C)COCCNc1cc(=O)[nH]c(CC)n1. The number of hydrogen-bond donors (Lipinski definition) is 2. The van der Waals surface area contributed by atoms with Gasteiger partial charge in [0.05, 0.1) is 13.2 Å². The molecule has 0 bridgehead atoms. The van der Waals surface area contributed by atoms with Crippen LogP contribution in [0.25, 0.3) is 0 Å². The molecule has 0 fully saturated rings. The number of hydrogen-bond acceptors (Lipinski definition) is 4. The number of ether oxygens (including phenoxy) is 1. The number of aromatic nitrogens is 2. The molecule has 0 radical (unpaired) electrons. The zero-order valence-corrected chi connectivity index (χ0v) is 10.4. The molecule has 5 nitrogen and oxygen atoms in total. The molecule has 1 aromatic heterocycles. The van der Waals surface area contributed by atoms with Gasteiger partial charge in [0.2, 0.25) is 0 Å². The lowest BCUT2D eigenvalue weighted by molar-refractivity contribution is 0.167. The Morgan fingerprint density at radius 1 is 1.65 bits per heavy atom.